The van der Waals surface area contributed by atoms with E-state index in [0.717, 1.165) is 0 Å². The Kier molecular flexibility index (Phi) is 4.71. The van der Waals surface area contributed by atoms with E-state index in [1.165, 1.54) is 6.92 Å². The lowest BCUT2D eigenvalue weighted by Crippen LogP contribution is -2.16. The largest absolute Gasteiger partial charge is 0.460 e. The van der Waals surface area contributed by atoms with Crippen molar-refractivity contribution < 1.29 is 13.4 Å². The molecule has 0 aliphatic carbocycles. The highest BCUT2D eigenvalue weighted by atomic mass is 79.9. The number of carbonyl (C=O) groups excluding carboxylic acids is 1. The van der Waals surface area contributed by atoms with Gasteiger partial charge in [-0.15, -0.1) is 0 Å². The lowest BCUT2D eigenvalue weighted by atomic mass is 10.4. The van der Waals surface area contributed by atoms with E-state index in [4.69, 9.17) is 4.74 Å². The van der Waals surface area contributed by atoms with Crippen LogP contribution >= 0.6 is 16.3 Å². The average Bonchev–Trinajstić information content (AvgIpc) is 1.63. The first-order chi connectivity index (χ1) is 4.16. The van der Waals surface area contributed by atoms with E-state index in [1.54, 1.807) is 6.92 Å². The molecule has 0 fully saturated rings. The van der Waals surface area contributed by atoms with Crippen LogP contribution in [-0.4, -0.2) is 18.7 Å². The fourth-order valence-electron chi connectivity index (χ4n) is 0.406. The van der Waals surface area contributed by atoms with Crippen LogP contribution in [0.3, 0.4) is 0 Å². The maximum absolute atomic E-state index is 10.2. The Morgan fingerprint density at radius 2 is 2.33 bits per heavy atom. The second-order valence-electron chi connectivity index (χ2n) is 1.70. The molecule has 0 aliphatic heterocycles. The molecule has 4 heteroatoms. The second-order valence-corrected chi connectivity index (χ2v) is 2.15. The minimum absolute atomic E-state index is 0.179. The van der Waals surface area contributed by atoms with E-state index in [-0.39, 0.29) is 12.1 Å². The first-order valence-corrected chi connectivity index (χ1v) is 3.22. The molecule has 0 amide bonds. The Bertz CT molecular complexity index is 94.2. The molecule has 0 radical (unpaired) electrons. The lowest BCUT2D eigenvalue weighted by molar-refractivity contribution is -0.146. The van der Waals surface area contributed by atoms with Gasteiger partial charge in [-0.1, -0.05) is 0 Å². The van der Waals surface area contributed by atoms with Gasteiger partial charge in [-0.05, 0) is 6.92 Å². The molecular weight excluding hydrogens is 188 g/mol. The topological polar surface area (TPSA) is 35.5 Å². The van der Waals surface area contributed by atoms with Crippen molar-refractivity contribution in [3.63, 3.8) is 0 Å². The molecule has 0 rings (SSSR count). The highest BCUT2D eigenvalue weighted by Gasteiger charge is 2.02. The van der Waals surface area contributed by atoms with E-state index < -0.39 is 0 Å². The number of carbonyl (C=O) groups is 1. The predicted molar refractivity (Wildman–Crippen MR) is 36.1 cm³/mol. The van der Waals surface area contributed by atoms with Gasteiger partial charge in [0.2, 0.25) is 0 Å². The minimum atomic E-state index is -0.285. The number of esters is 1. The van der Waals surface area contributed by atoms with Crippen LogP contribution < -0.4 is 0 Å². The van der Waals surface area contributed by atoms with E-state index in [1.807, 2.05) is 0 Å². The number of ether oxygens (including phenoxy) is 1. The lowest BCUT2D eigenvalue weighted by Gasteiger charge is -2.07. The van der Waals surface area contributed by atoms with E-state index in [9.17, 15) is 4.79 Å². The van der Waals surface area contributed by atoms with Crippen molar-refractivity contribution in [3.05, 3.63) is 0 Å². The summed E-state index contributed by atoms with van der Waals surface area (Å²) in [6.45, 7) is 3.49. The van der Waals surface area contributed by atoms with Gasteiger partial charge >= 0.3 is 5.97 Å². The van der Waals surface area contributed by atoms with Crippen LogP contribution in [0.25, 0.3) is 0 Å². The summed E-state index contributed by atoms with van der Waals surface area (Å²) < 4.78 is 9.24. The Balaban J connectivity index is 3.26. The van der Waals surface area contributed by atoms with Gasteiger partial charge in [0.15, 0.2) is 0 Å². The molecule has 0 bridgehead atoms. The standard InChI is InChI=1S/C5H9BrO3/c1-4(3-8-6)9-5(2)7/h4H,3H2,1-2H3. The summed E-state index contributed by atoms with van der Waals surface area (Å²) in [6, 6.07) is 0. The Hall–Kier alpha value is -0.0900. The molecule has 0 spiro atoms. The summed E-state index contributed by atoms with van der Waals surface area (Å²) in [4.78, 5) is 10.2. The van der Waals surface area contributed by atoms with Crippen molar-refractivity contribution >= 4 is 22.2 Å². The van der Waals surface area contributed by atoms with Crippen LogP contribution in [-0.2, 0) is 13.4 Å². The molecule has 54 valence electrons. The first kappa shape index (κ1) is 8.91. The predicted octanol–water partition coefficient (Wildman–Crippen LogP) is 1.26. The second kappa shape index (κ2) is 4.76. The third-order valence-corrected chi connectivity index (χ3v) is 0.929. The van der Waals surface area contributed by atoms with Crippen LogP contribution in [0.4, 0.5) is 0 Å². The zero-order chi connectivity index (χ0) is 7.28. The molecule has 0 saturated heterocycles. The van der Waals surface area contributed by atoms with E-state index in [2.05, 4.69) is 20.1 Å². The molecule has 0 aromatic rings. The minimum Gasteiger partial charge on any atom is -0.460 e. The summed E-state index contributed by atoms with van der Waals surface area (Å²) >= 11 is 2.75. The van der Waals surface area contributed by atoms with Gasteiger partial charge < -0.3 is 8.57 Å². The Morgan fingerprint density at radius 3 is 2.67 bits per heavy atom. The van der Waals surface area contributed by atoms with Crippen LogP contribution in [0.1, 0.15) is 13.8 Å². The Morgan fingerprint density at radius 1 is 1.78 bits per heavy atom. The first-order valence-electron chi connectivity index (χ1n) is 2.57. The van der Waals surface area contributed by atoms with Crippen molar-refractivity contribution in [1.82, 2.24) is 0 Å². The van der Waals surface area contributed by atoms with Crippen molar-refractivity contribution in [2.75, 3.05) is 6.61 Å². The van der Waals surface area contributed by atoms with Gasteiger partial charge in [-0.3, -0.25) is 4.79 Å². The van der Waals surface area contributed by atoms with Gasteiger partial charge in [-0.2, -0.15) is 0 Å². The van der Waals surface area contributed by atoms with Crippen molar-refractivity contribution in [2.45, 2.75) is 20.0 Å². The molecular formula is C5H9BrO3. The molecule has 0 saturated carbocycles. The quantitative estimate of drug-likeness (QED) is 0.639. The van der Waals surface area contributed by atoms with E-state index in [0.29, 0.717) is 6.61 Å². The molecule has 0 N–H and O–H groups in total. The summed E-state index contributed by atoms with van der Waals surface area (Å²) in [5, 5.41) is 0. The third kappa shape index (κ3) is 5.79. The molecule has 0 aromatic carbocycles. The smallest absolute Gasteiger partial charge is 0.302 e. The number of rotatable bonds is 3. The van der Waals surface area contributed by atoms with Crippen LogP contribution in [0.15, 0.2) is 0 Å². The van der Waals surface area contributed by atoms with Gasteiger partial charge in [0.05, 0.1) is 22.9 Å². The average molecular weight is 197 g/mol. The SMILES string of the molecule is CC(=O)OC(C)COBr. The molecule has 0 aromatic heterocycles. The highest BCUT2D eigenvalue weighted by molar-refractivity contribution is 9.06. The molecule has 0 heterocycles. The zero-order valence-corrected chi connectivity index (χ0v) is 6.97. The third-order valence-electron chi connectivity index (χ3n) is 0.665. The Labute approximate surface area is 62.8 Å². The summed E-state index contributed by atoms with van der Waals surface area (Å²) in [5.41, 5.74) is 0. The number of hydrogen-bond acceptors (Lipinski definition) is 3. The van der Waals surface area contributed by atoms with Gasteiger partial charge in [0, 0.05) is 6.92 Å². The summed E-state index contributed by atoms with van der Waals surface area (Å²) in [5.74, 6) is -0.285. The zero-order valence-electron chi connectivity index (χ0n) is 5.39. The number of hydrogen-bond donors (Lipinski definition) is 0. The maximum atomic E-state index is 10.2. The molecule has 9 heavy (non-hydrogen) atoms. The molecule has 1 atom stereocenters. The van der Waals surface area contributed by atoms with Gasteiger partial charge in [-0.25, -0.2) is 0 Å². The fraction of sp³-hybridized carbons (Fsp3) is 0.800. The van der Waals surface area contributed by atoms with Gasteiger partial charge in [0.1, 0.15) is 6.10 Å². The van der Waals surface area contributed by atoms with Crippen molar-refractivity contribution in [2.24, 2.45) is 0 Å². The monoisotopic (exact) mass is 196 g/mol. The summed E-state index contributed by atoms with van der Waals surface area (Å²) in [7, 11) is 0. The van der Waals surface area contributed by atoms with E-state index >= 15 is 0 Å². The molecule has 3 nitrogen and oxygen atoms in total. The molecule has 1 unspecified atom stereocenters. The normalized spacial score (nSPS) is 12.8. The highest BCUT2D eigenvalue weighted by Crippen LogP contribution is 1.94. The van der Waals surface area contributed by atoms with Crippen LogP contribution in [0, 0.1) is 0 Å². The van der Waals surface area contributed by atoms with Crippen LogP contribution in [0.2, 0.25) is 0 Å². The van der Waals surface area contributed by atoms with Crippen molar-refractivity contribution in [1.29, 1.82) is 0 Å². The van der Waals surface area contributed by atoms with Crippen molar-refractivity contribution in [3.8, 4) is 0 Å². The fourth-order valence-corrected chi connectivity index (χ4v) is 0.778. The summed E-state index contributed by atoms with van der Waals surface area (Å²) in [6.07, 6.45) is -0.179. The van der Waals surface area contributed by atoms with Crippen LogP contribution in [0.5, 0.6) is 0 Å². The number of halogens is 1. The maximum Gasteiger partial charge on any atom is 0.302 e. The van der Waals surface area contributed by atoms with Gasteiger partial charge in [0.25, 0.3) is 0 Å². The molecule has 0 aliphatic rings.